The maximum atomic E-state index is 10.6. The molecule has 120 valence electrons. The maximum Gasteiger partial charge on any atom is 0.120 e. The summed E-state index contributed by atoms with van der Waals surface area (Å²) in [5, 5.41) is 13.1. The standard InChI is InChI=1S/C23H16OS/c24-19-9-5-11-21-23(19)22(18-8-3-4-10-20(18)25-21)17-13-12-15-6-1-2-7-16(15)14-17/h1-14,22,24H. The molecule has 0 spiro atoms. The van der Waals surface area contributed by atoms with Crippen LogP contribution in [0.1, 0.15) is 22.6 Å². The summed E-state index contributed by atoms with van der Waals surface area (Å²) in [7, 11) is 0. The summed E-state index contributed by atoms with van der Waals surface area (Å²) in [6, 6.07) is 29.4. The van der Waals surface area contributed by atoms with Gasteiger partial charge in [-0.25, -0.2) is 0 Å². The number of aromatic hydroxyl groups is 1. The molecule has 0 fully saturated rings. The highest BCUT2D eigenvalue weighted by Crippen LogP contribution is 2.51. The minimum Gasteiger partial charge on any atom is -0.508 e. The Balaban J connectivity index is 1.79. The third-order valence-corrected chi connectivity index (χ3v) is 6.06. The minimum atomic E-state index is 0.0539. The molecule has 0 aliphatic carbocycles. The predicted octanol–water partition coefficient (Wildman–Crippen LogP) is 6.19. The quantitative estimate of drug-likeness (QED) is 0.392. The van der Waals surface area contributed by atoms with Crippen molar-refractivity contribution in [2.75, 3.05) is 0 Å². The van der Waals surface area contributed by atoms with Gasteiger partial charge in [0, 0.05) is 21.3 Å². The molecule has 1 atom stereocenters. The Bertz CT molecular complexity index is 1100. The molecule has 1 unspecified atom stereocenters. The van der Waals surface area contributed by atoms with Crippen molar-refractivity contribution in [3.8, 4) is 5.75 Å². The van der Waals surface area contributed by atoms with Gasteiger partial charge >= 0.3 is 0 Å². The molecule has 2 heteroatoms. The third kappa shape index (κ3) is 2.33. The van der Waals surface area contributed by atoms with Gasteiger partial charge in [-0.15, -0.1) is 0 Å². The molecule has 5 rings (SSSR count). The van der Waals surface area contributed by atoms with Crippen LogP contribution in [0.4, 0.5) is 0 Å². The van der Waals surface area contributed by atoms with E-state index in [1.165, 1.54) is 26.8 Å². The van der Waals surface area contributed by atoms with Gasteiger partial charge in [0.1, 0.15) is 5.75 Å². The van der Waals surface area contributed by atoms with E-state index in [2.05, 4.69) is 72.8 Å². The molecule has 1 heterocycles. The fraction of sp³-hybridized carbons (Fsp3) is 0.0435. The van der Waals surface area contributed by atoms with Crippen molar-refractivity contribution < 1.29 is 5.11 Å². The Morgan fingerprint density at radius 3 is 2.36 bits per heavy atom. The summed E-state index contributed by atoms with van der Waals surface area (Å²) < 4.78 is 0. The molecule has 1 aliphatic heterocycles. The molecule has 0 radical (unpaired) electrons. The topological polar surface area (TPSA) is 20.2 Å². The van der Waals surface area contributed by atoms with Crippen molar-refractivity contribution in [1.82, 2.24) is 0 Å². The second-order valence-electron chi connectivity index (χ2n) is 6.37. The Hall–Kier alpha value is -2.71. The van der Waals surface area contributed by atoms with Gasteiger partial charge in [-0.3, -0.25) is 0 Å². The highest BCUT2D eigenvalue weighted by atomic mass is 32.2. The molecule has 0 amide bonds. The number of rotatable bonds is 1. The van der Waals surface area contributed by atoms with Gasteiger partial charge in [-0.05, 0) is 40.1 Å². The number of hydrogen-bond donors (Lipinski definition) is 1. The molecule has 0 saturated carbocycles. The van der Waals surface area contributed by atoms with Crippen LogP contribution < -0.4 is 0 Å². The zero-order chi connectivity index (χ0) is 16.8. The number of hydrogen-bond acceptors (Lipinski definition) is 2. The first-order valence-electron chi connectivity index (χ1n) is 8.38. The van der Waals surface area contributed by atoms with Gasteiger partial charge in [0.15, 0.2) is 0 Å². The monoisotopic (exact) mass is 340 g/mol. The lowest BCUT2D eigenvalue weighted by molar-refractivity contribution is 0.464. The highest BCUT2D eigenvalue weighted by molar-refractivity contribution is 7.99. The highest BCUT2D eigenvalue weighted by Gasteiger charge is 2.29. The van der Waals surface area contributed by atoms with E-state index >= 15 is 0 Å². The van der Waals surface area contributed by atoms with Gasteiger partial charge in [0.05, 0.1) is 0 Å². The molecule has 0 saturated heterocycles. The SMILES string of the molecule is Oc1cccc2c1C(c1ccc3ccccc3c1)c1ccccc1S2. The summed E-state index contributed by atoms with van der Waals surface area (Å²) in [5.41, 5.74) is 3.49. The van der Waals surface area contributed by atoms with Gasteiger partial charge in [-0.1, -0.05) is 78.5 Å². The molecule has 0 bridgehead atoms. The summed E-state index contributed by atoms with van der Waals surface area (Å²) >= 11 is 1.74. The molecule has 1 N–H and O–H groups in total. The van der Waals surface area contributed by atoms with Crippen LogP contribution in [0.15, 0.2) is 94.7 Å². The van der Waals surface area contributed by atoms with Crippen LogP contribution >= 0.6 is 11.8 Å². The average molecular weight is 340 g/mol. The smallest absolute Gasteiger partial charge is 0.120 e. The normalized spacial score (nSPS) is 15.6. The van der Waals surface area contributed by atoms with Crippen LogP contribution in [0, 0.1) is 0 Å². The fourth-order valence-corrected chi connectivity index (χ4v) is 4.90. The summed E-state index contributed by atoms with van der Waals surface area (Å²) in [4.78, 5) is 2.40. The second kappa shape index (κ2) is 5.68. The van der Waals surface area contributed by atoms with E-state index in [4.69, 9.17) is 0 Å². The lowest BCUT2D eigenvalue weighted by Crippen LogP contribution is -2.10. The summed E-state index contributed by atoms with van der Waals surface area (Å²) in [5.74, 6) is 0.427. The Morgan fingerprint density at radius 1 is 0.680 bits per heavy atom. The predicted molar refractivity (Wildman–Crippen MR) is 104 cm³/mol. The molecule has 1 aliphatic rings. The fourth-order valence-electron chi connectivity index (χ4n) is 3.73. The largest absolute Gasteiger partial charge is 0.508 e. The van der Waals surface area contributed by atoms with E-state index in [0.29, 0.717) is 5.75 Å². The molecule has 25 heavy (non-hydrogen) atoms. The van der Waals surface area contributed by atoms with E-state index in [1.54, 1.807) is 17.8 Å². The first-order valence-corrected chi connectivity index (χ1v) is 9.20. The summed E-state index contributed by atoms with van der Waals surface area (Å²) in [6.45, 7) is 0. The molecular formula is C23H16OS. The zero-order valence-corrected chi connectivity index (χ0v) is 14.3. The first-order chi connectivity index (χ1) is 12.3. The van der Waals surface area contributed by atoms with Crippen LogP contribution in [-0.4, -0.2) is 5.11 Å². The Kier molecular flexibility index (Phi) is 3.32. The van der Waals surface area contributed by atoms with Crippen LogP contribution in [0.25, 0.3) is 10.8 Å². The molecular weight excluding hydrogens is 324 g/mol. The van der Waals surface area contributed by atoms with Crippen LogP contribution in [-0.2, 0) is 0 Å². The lowest BCUT2D eigenvalue weighted by atomic mass is 9.83. The van der Waals surface area contributed by atoms with Gasteiger partial charge in [-0.2, -0.15) is 0 Å². The van der Waals surface area contributed by atoms with E-state index in [1.807, 2.05) is 6.07 Å². The van der Waals surface area contributed by atoms with Crippen LogP contribution in [0.3, 0.4) is 0 Å². The number of phenols is 1. The second-order valence-corrected chi connectivity index (χ2v) is 7.45. The van der Waals surface area contributed by atoms with Gasteiger partial charge < -0.3 is 5.11 Å². The number of benzene rings is 4. The van der Waals surface area contributed by atoms with E-state index in [0.717, 1.165) is 10.5 Å². The van der Waals surface area contributed by atoms with Crippen molar-refractivity contribution in [1.29, 1.82) is 0 Å². The molecule has 0 aromatic heterocycles. The van der Waals surface area contributed by atoms with Crippen LogP contribution in [0.2, 0.25) is 0 Å². The van der Waals surface area contributed by atoms with E-state index in [-0.39, 0.29) is 5.92 Å². The van der Waals surface area contributed by atoms with E-state index in [9.17, 15) is 5.11 Å². The Labute approximate surface area is 151 Å². The number of fused-ring (bicyclic) bond motifs is 3. The van der Waals surface area contributed by atoms with Crippen LogP contribution in [0.5, 0.6) is 5.75 Å². The van der Waals surface area contributed by atoms with E-state index < -0.39 is 0 Å². The number of phenolic OH excluding ortho intramolecular Hbond substituents is 1. The molecule has 4 aromatic rings. The lowest BCUT2D eigenvalue weighted by Gasteiger charge is -2.29. The maximum absolute atomic E-state index is 10.6. The van der Waals surface area contributed by atoms with Crippen molar-refractivity contribution in [2.45, 2.75) is 15.7 Å². The third-order valence-electron chi connectivity index (χ3n) is 4.89. The van der Waals surface area contributed by atoms with Gasteiger partial charge in [0.25, 0.3) is 0 Å². The molecule has 1 nitrogen and oxygen atoms in total. The Morgan fingerprint density at radius 2 is 1.44 bits per heavy atom. The first kappa shape index (κ1) is 14.6. The zero-order valence-electron chi connectivity index (χ0n) is 13.5. The van der Waals surface area contributed by atoms with Crippen molar-refractivity contribution in [3.63, 3.8) is 0 Å². The van der Waals surface area contributed by atoms with Crippen molar-refractivity contribution >= 4 is 22.5 Å². The van der Waals surface area contributed by atoms with Gasteiger partial charge in [0.2, 0.25) is 0 Å². The van der Waals surface area contributed by atoms with Crippen molar-refractivity contribution in [2.24, 2.45) is 0 Å². The molecule has 4 aromatic carbocycles. The summed E-state index contributed by atoms with van der Waals surface area (Å²) in [6.07, 6.45) is 0. The minimum absolute atomic E-state index is 0.0539. The average Bonchev–Trinajstić information content (AvgIpc) is 2.66. The van der Waals surface area contributed by atoms with Crippen molar-refractivity contribution in [3.05, 3.63) is 102 Å².